The Hall–Kier alpha value is -1.45. The van der Waals surface area contributed by atoms with Crippen LogP contribution >= 0.6 is 22.6 Å². The first-order valence-corrected chi connectivity index (χ1v) is 6.51. The zero-order valence-electron chi connectivity index (χ0n) is 10.8. The molecule has 1 N–H and O–H groups in total. The number of hydrogen-bond acceptors (Lipinski definition) is 5. The molecule has 0 spiro atoms. The number of aromatic nitrogens is 2. The molecular weight excluding hydrogens is 365 g/mol. The van der Waals surface area contributed by atoms with Gasteiger partial charge in [0.1, 0.15) is 11.9 Å². The van der Waals surface area contributed by atoms with Gasteiger partial charge in [-0.3, -0.25) is 14.2 Å². The van der Waals surface area contributed by atoms with Crippen molar-refractivity contribution < 1.29 is 14.3 Å². The largest absolute Gasteiger partial charge is 0.467 e. The van der Waals surface area contributed by atoms with E-state index < -0.39 is 12.0 Å². The Bertz CT molecular complexity index is 555. The fraction of sp³-hybridized carbons (Fsp3) is 0.455. The molecular formula is C11H14IN3O4. The highest BCUT2D eigenvalue weighted by molar-refractivity contribution is 14.1. The summed E-state index contributed by atoms with van der Waals surface area (Å²) in [5.74, 6) is -0.523. The third-order valence-electron chi connectivity index (χ3n) is 2.43. The van der Waals surface area contributed by atoms with Gasteiger partial charge < -0.3 is 10.1 Å². The van der Waals surface area contributed by atoms with Gasteiger partial charge in [0.15, 0.2) is 0 Å². The van der Waals surface area contributed by atoms with E-state index in [9.17, 15) is 14.4 Å². The lowest BCUT2D eigenvalue weighted by Gasteiger charge is -2.18. The van der Waals surface area contributed by atoms with Crippen LogP contribution in [0.5, 0.6) is 0 Å². The number of halogens is 1. The molecule has 1 amide bonds. The van der Waals surface area contributed by atoms with E-state index in [1.165, 1.54) is 24.8 Å². The maximum atomic E-state index is 12.0. The summed E-state index contributed by atoms with van der Waals surface area (Å²) in [6.07, 6.45) is 1.46. The molecule has 104 valence electrons. The molecule has 0 aromatic carbocycles. The molecule has 1 heterocycles. The average Bonchev–Trinajstić information content (AvgIpc) is 2.36. The summed E-state index contributed by atoms with van der Waals surface area (Å²) in [7, 11) is 1.22. The maximum Gasteiger partial charge on any atom is 0.330 e. The molecule has 19 heavy (non-hydrogen) atoms. The fourth-order valence-corrected chi connectivity index (χ4v) is 1.95. The standard InChI is InChI=1S/C11H14IN3O4/c1-6-13-4-8(12)10(17)15(6)5-9(11(18)19-3)14-7(2)16/h4,9H,5H2,1-3H3,(H,14,16). The van der Waals surface area contributed by atoms with Crippen LogP contribution < -0.4 is 10.9 Å². The third-order valence-corrected chi connectivity index (χ3v) is 3.17. The molecule has 0 aliphatic carbocycles. The Morgan fingerprint density at radius 3 is 2.74 bits per heavy atom. The van der Waals surface area contributed by atoms with E-state index >= 15 is 0 Å². The Morgan fingerprint density at radius 1 is 1.58 bits per heavy atom. The fourth-order valence-electron chi connectivity index (χ4n) is 1.52. The van der Waals surface area contributed by atoms with Crippen molar-refractivity contribution in [3.05, 3.63) is 25.9 Å². The molecule has 0 saturated heterocycles. The van der Waals surface area contributed by atoms with Crippen LogP contribution in [-0.4, -0.2) is 34.6 Å². The van der Waals surface area contributed by atoms with Crippen LogP contribution in [0.25, 0.3) is 0 Å². The molecule has 1 aromatic heterocycles. The predicted molar refractivity (Wildman–Crippen MR) is 75.6 cm³/mol. The Kier molecular flexibility index (Phi) is 5.45. The van der Waals surface area contributed by atoms with E-state index in [0.29, 0.717) is 9.39 Å². The van der Waals surface area contributed by atoms with Crippen LogP contribution in [0.3, 0.4) is 0 Å². The summed E-state index contributed by atoms with van der Waals surface area (Å²) in [5.41, 5.74) is -0.257. The molecule has 1 atom stereocenters. The second kappa shape index (κ2) is 6.64. The summed E-state index contributed by atoms with van der Waals surface area (Å²) in [6, 6.07) is -0.918. The first-order chi connectivity index (χ1) is 8.86. The van der Waals surface area contributed by atoms with E-state index in [1.54, 1.807) is 6.92 Å². The van der Waals surface area contributed by atoms with E-state index in [-0.39, 0.29) is 18.0 Å². The van der Waals surface area contributed by atoms with Crippen molar-refractivity contribution in [2.24, 2.45) is 0 Å². The number of methoxy groups -OCH3 is 1. The van der Waals surface area contributed by atoms with Gasteiger partial charge in [0, 0.05) is 13.1 Å². The Balaban J connectivity index is 3.09. The highest BCUT2D eigenvalue weighted by atomic mass is 127. The number of nitrogens with zero attached hydrogens (tertiary/aromatic N) is 2. The second-order valence-corrected chi connectivity index (χ2v) is 5.01. The Morgan fingerprint density at radius 2 is 2.21 bits per heavy atom. The van der Waals surface area contributed by atoms with Gasteiger partial charge in [-0.25, -0.2) is 9.78 Å². The minimum Gasteiger partial charge on any atom is -0.467 e. The molecule has 0 aliphatic heterocycles. The molecule has 0 saturated carbocycles. The lowest BCUT2D eigenvalue weighted by molar-refractivity contribution is -0.145. The van der Waals surface area contributed by atoms with Crippen LogP contribution in [0.2, 0.25) is 0 Å². The molecule has 7 nitrogen and oxygen atoms in total. The first-order valence-electron chi connectivity index (χ1n) is 5.43. The first kappa shape index (κ1) is 15.6. The van der Waals surface area contributed by atoms with Crippen molar-refractivity contribution >= 4 is 34.5 Å². The molecule has 0 radical (unpaired) electrons. The lowest BCUT2D eigenvalue weighted by atomic mass is 10.2. The number of rotatable bonds is 4. The van der Waals surface area contributed by atoms with Gasteiger partial charge in [0.25, 0.3) is 5.56 Å². The number of esters is 1. The number of aryl methyl sites for hydroxylation is 1. The third kappa shape index (κ3) is 4.01. The van der Waals surface area contributed by atoms with Gasteiger partial charge in [-0.05, 0) is 29.5 Å². The maximum absolute atomic E-state index is 12.0. The van der Waals surface area contributed by atoms with Crippen LogP contribution in [0, 0.1) is 10.5 Å². The number of nitrogens with one attached hydrogen (secondary N) is 1. The van der Waals surface area contributed by atoms with Crippen molar-refractivity contribution in [3.63, 3.8) is 0 Å². The molecule has 0 aliphatic rings. The highest BCUT2D eigenvalue weighted by Gasteiger charge is 2.22. The normalized spacial score (nSPS) is 11.8. The van der Waals surface area contributed by atoms with E-state index in [0.717, 1.165) is 0 Å². The van der Waals surface area contributed by atoms with Crippen LogP contribution in [-0.2, 0) is 20.9 Å². The van der Waals surface area contributed by atoms with Gasteiger partial charge in [0.2, 0.25) is 5.91 Å². The van der Waals surface area contributed by atoms with Crippen molar-refractivity contribution in [3.8, 4) is 0 Å². The van der Waals surface area contributed by atoms with Crippen molar-refractivity contribution in [2.45, 2.75) is 26.4 Å². The van der Waals surface area contributed by atoms with Crippen LogP contribution in [0.1, 0.15) is 12.7 Å². The zero-order valence-corrected chi connectivity index (χ0v) is 12.9. The molecule has 1 rings (SSSR count). The van der Waals surface area contributed by atoms with E-state index in [1.807, 2.05) is 22.6 Å². The second-order valence-electron chi connectivity index (χ2n) is 3.85. The summed E-state index contributed by atoms with van der Waals surface area (Å²) >= 11 is 1.87. The summed E-state index contributed by atoms with van der Waals surface area (Å²) in [4.78, 5) is 38.7. The lowest BCUT2D eigenvalue weighted by Crippen LogP contribution is -2.45. The molecule has 8 heteroatoms. The van der Waals surface area contributed by atoms with Gasteiger partial charge >= 0.3 is 5.97 Å². The zero-order chi connectivity index (χ0) is 14.6. The number of carbonyl (C=O) groups is 2. The Labute approximate surface area is 123 Å². The topological polar surface area (TPSA) is 90.3 Å². The van der Waals surface area contributed by atoms with E-state index in [4.69, 9.17) is 0 Å². The molecule has 1 aromatic rings. The minimum atomic E-state index is -0.918. The van der Waals surface area contributed by atoms with Gasteiger partial charge in [-0.2, -0.15) is 0 Å². The summed E-state index contributed by atoms with van der Waals surface area (Å²) < 4.78 is 6.38. The van der Waals surface area contributed by atoms with Crippen molar-refractivity contribution in [1.29, 1.82) is 0 Å². The number of hydrogen-bond donors (Lipinski definition) is 1. The smallest absolute Gasteiger partial charge is 0.330 e. The monoisotopic (exact) mass is 379 g/mol. The average molecular weight is 379 g/mol. The molecule has 1 unspecified atom stereocenters. The predicted octanol–water partition coefficient (Wildman–Crippen LogP) is -0.166. The summed E-state index contributed by atoms with van der Waals surface area (Å²) in [6.45, 7) is 2.93. The summed E-state index contributed by atoms with van der Waals surface area (Å²) in [5, 5.41) is 2.45. The number of carbonyl (C=O) groups excluding carboxylic acids is 2. The van der Waals surface area contributed by atoms with Crippen molar-refractivity contribution in [1.82, 2.24) is 14.9 Å². The number of amides is 1. The van der Waals surface area contributed by atoms with E-state index in [2.05, 4.69) is 15.0 Å². The minimum absolute atomic E-state index is 0.0131. The van der Waals surface area contributed by atoms with Crippen molar-refractivity contribution in [2.75, 3.05) is 7.11 Å². The van der Waals surface area contributed by atoms with Gasteiger partial charge in [0.05, 0.1) is 17.2 Å². The van der Waals surface area contributed by atoms with Crippen LogP contribution in [0.15, 0.2) is 11.0 Å². The van der Waals surface area contributed by atoms with Crippen LogP contribution in [0.4, 0.5) is 0 Å². The molecule has 0 bridgehead atoms. The highest BCUT2D eigenvalue weighted by Crippen LogP contribution is 2.00. The van der Waals surface area contributed by atoms with Gasteiger partial charge in [-0.15, -0.1) is 0 Å². The molecule has 0 fully saturated rings. The SMILES string of the molecule is COC(=O)C(Cn1c(C)ncc(I)c1=O)NC(C)=O. The van der Waals surface area contributed by atoms with Gasteiger partial charge in [-0.1, -0.05) is 0 Å². The quantitative estimate of drug-likeness (QED) is 0.580. The number of ether oxygens (including phenoxy) is 1.